The smallest absolute Gasteiger partial charge is 0.310 e. The Labute approximate surface area is 162 Å². The Morgan fingerprint density at radius 2 is 1.89 bits per heavy atom. The number of amides is 1. The van der Waals surface area contributed by atoms with Crippen molar-refractivity contribution in [1.29, 1.82) is 0 Å². The van der Waals surface area contributed by atoms with Crippen LogP contribution >= 0.6 is 11.6 Å². The van der Waals surface area contributed by atoms with Gasteiger partial charge in [0.05, 0.1) is 13.0 Å². The molecule has 0 fully saturated rings. The Hall–Kier alpha value is -2.60. The molecule has 1 N–H and O–H groups in total. The van der Waals surface area contributed by atoms with E-state index in [2.05, 4.69) is 5.32 Å². The second kappa shape index (κ2) is 9.92. The molecule has 2 aromatic carbocycles. The highest BCUT2D eigenvalue weighted by Crippen LogP contribution is 2.18. The van der Waals surface area contributed by atoms with E-state index < -0.39 is 18.0 Å². The third kappa shape index (κ3) is 6.57. The van der Waals surface area contributed by atoms with E-state index >= 15 is 0 Å². The van der Waals surface area contributed by atoms with Crippen molar-refractivity contribution in [3.63, 3.8) is 0 Å². The van der Waals surface area contributed by atoms with Crippen molar-refractivity contribution in [1.82, 2.24) is 5.32 Å². The lowest BCUT2D eigenvalue weighted by Gasteiger charge is -2.18. The van der Waals surface area contributed by atoms with E-state index in [9.17, 15) is 14.0 Å². The van der Waals surface area contributed by atoms with Crippen LogP contribution in [-0.2, 0) is 20.7 Å². The molecule has 0 unspecified atom stereocenters. The third-order valence-corrected chi connectivity index (χ3v) is 4.17. The first-order valence-corrected chi connectivity index (χ1v) is 8.79. The normalized spacial score (nSPS) is 12.7. The van der Waals surface area contributed by atoms with E-state index in [4.69, 9.17) is 21.1 Å². The maximum Gasteiger partial charge on any atom is 0.310 e. The first-order chi connectivity index (χ1) is 12.9. The van der Waals surface area contributed by atoms with E-state index in [-0.39, 0.29) is 18.3 Å². The van der Waals surface area contributed by atoms with Crippen LogP contribution in [0.5, 0.6) is 5.75 Å². The summed E-state index contributed by atoms with van der Waals surface area (Å²) in [6.45, 7) is 1.68. The van der Waals surface area contributed by atoms with Crippen molar-refractivity contribution in [3.8, 4) is 5.75 Å². The molecule has 2 aromatic rings. The summed E-state index contributed by atoms with van der Waals surface area (Å²) in [6.07, 6.45) is -0.455. The maximum absolute atomic E-state index is 13.0. The van der Waals surface area contributed by atoms with Gasteiger partial charge in [0.2, 0.25) is 0 Å². The largest absolute Gasteiger partial charge is 0.481 e. The number of methoxy groups -OCH3 is 1. The number of rotatable bonds is 8. The van der Waals surface area contributed by atoms with Crippen molar-refractivity contribution in [2.24, 2.45) is 5.92 Å². The zero-order valence-electron chi connectivity index (χ0n) is 15.1. The average Bonchev–Trinajstić information content (AvgIpc) is 2.65. The number of esters is 1. The van der Waals surface area contributed by atoms with E-state index in [0.29, 0.717) is 17.2 Å². The highest BCUT2D eigenvalue weighted by Gasteiger charge is 2.23. The number of hydrogen-bond acceptors (Lipinski definition) is 4. The standard InChI is InChI=1S/C20H21ClFNO4/c1-13(27-18-5-3-4-16(21)11-18)19(24)23-12-15(20(25)26-2)10-14-6-8-17(22)9-7-14/h3-9,11,13,15H,10,12H2,1-2H3,(H,23,24)/t13-,15+/m1/s1. The topological polar surface area (TPSA) is 64.6 Å². The molecule has 7 heteroatoms. The average molecular weight is 394 g/mol. The van der Waals surface area contributed by atoms with Crippen molar-refractivity contribution in [2.45, 2.75) is 19.4 Å². The molecule has 144 valence electrons. The van der Waals surface area contributed by atoms with Gasteiger partial charge in [-0.1, -0.05) is 29.8 Å². The summed E-state index contributed by atoms with van der Waals surface area (Å²) < 4.78 is 23.4. The molecule has 2 rings (SSSR count). The fourth-order valence-corrected chi connectivity index (χ4v) is 2.66. The monoisotopic (exact) mass is 393 g/mol. The second-order valence-corrected chi connectivity index (χ2v) is 6.45. The zero-order valence-corrected chi connectivity index (χ0v) is 15.8. The van der Waals surface area contributed by atoms with Crippen molar-refractivity contribution in [3.05, 3.63) is 64.9 Å². The number of benzene rings is 2. The summed E-state index contributed by atoms with van der Waals surface area (Å²) in [5, 5.41) is 3.20. The summed E-state index contributed by atoms with van der Waals surface area (Å²) in [5.74, 6) is -1.30. The lowest BCUT2D eigenvalue weighted by Crippen LogP contribution is -2.41. The number of halogens is 2. The van der Waals surface area contributed by atoms with Crippen LogP contribution in [0.25, 0.3) is 0 Å². The number of nitrogens with one attached hydrogen (secondary N) is 1. The van der Waals surface area contributed by atoms with Crippen LogP contribution in [0.4, 0.5) is 4.39 Å². The van der Waals surface area contributed by atoms with Gasteiger partial charge in [0, 0.05) is 11.6 Å². The molecule has 2 atom stereocenters. The highest BCUT2D eigenvalue weighted by atomic mass is 35.5. The molecule has 27 heavy (non-hydrogen) atoms. The molecular formula is C20H21ClFNO4. The van der Waals surface area contributed by atoms with Crippen LogP contribution in [-0.4, -0.2) is 31.6 Å². The minimum Gasteiger partial charge on any atom is -0.481 e. The molecule has 0 aliphatic carbocycles. The third-order valence-electron chi connectivity index (χ3n) is 3.93. The Bertz CT molecular complexity index is 782. The molecule has 0 heterocycles. The van der Waals surface area contributed by atoms with Gasteiger partial charge in [-0.15, -0.1) is 0 Å². The van der Waals surface area contributed by atoms with Gasteiger partial charge in [0.15, 0.2) is 6.10 Å². The summed E-state index contributed by atoms with van der Waals surface area (Å²) in [6, 6.07) is 12.6. The lowest BCUT2D eigenvalue weighted by molar-refractivity contribution is -0.145. The summed E-state index contributed by atoms with van der Waals surface area (Å²) in [5.41, 5.74) is 0.768. The molecule has 0 saturated heterocycles. The molecule has 0 aliphatic rings. The molecule has 0 bridgehead atoms. The molecule has 0 aliphatic heterocycles. The molecule has 1 amide bonds. The predicted octanol–water partition coefficient (Wildman–Crippen LogP) is 3.39. The summed E-state index contributed by atoms with van der Waals surface area (Å²) in [7, 11) is 1.28. The molecule has 0 saturated carbocycles. The van der Waals surface area contributed by atoms with Gasteiger partial charge in [0.1, 0.15) is 11.6 Å². The van der Waals surface area contributed by atoms with E-state index in [0.717, 1.165) is 5.56 Å². The Balaban J connectivity index is 1.93. The van der Waals surface area contributed by atoms with Gasteiger partial charge in [-0.25, -0.2) is 4.39 Å². The van der Waals surface area contributed by atoms with Gasteiger partial charge in [-0.05, 0) is 49.2 Å². The van der Waals surface area contributed by atoms with Crippen LogP contribution < -0.4 is 10.1 Å². The first-order valence-electron chi connectivity index (χ1n) is 8.41. The second-order valence-electron chi connectivity index (χ2n) is 6.01. The van der Waals surface area contributed by atoms with Gasteiger partial charge >= 0.3 is 5.97 Å². The molecular weight excluding hydrogens is 373 g/mol. The zero-order chi connectivity index (χ0) is 19.8. The van der Waals surface area contributed by atoms with Crippen LogP contribution in [0.1, 0.15) is 12.5 Å². The van der Waals surface area contributed by atoms with Gasteiger partial charge in [-0.2, -0.15) is 0 Å². The number of carbonyl (C=O) groups excluding carboxylic acids is 2. The molecule has 0 radical (unpaired) electrons. The number of ether oxygens (including phenoxy) is 2. The molecule has 0 spiro atoms. The fraction of sp³-hybridized carbons (Fsp3) is 0.300. The lowest BCUT2D eigenvalue weighted by atomic mass is 9.99. The number of carbonyl (C=O) groups is 2. The Morgan fingerprint density at radius 1 is 1.19 bits per heavy atom. The minimum atomic E-state index is -0.771. The number of hydrogen-bond donors (Lipinski definition) is 1. The Kier molecular flexibility index (Phi) is 7.61. The van der Waals surface area contributed by atoms with E-state index in [1.165, 1.54) is 19.2 Å². The van der Waals surface area contributed by atoms with Crippen LogP contribution in [0.15, 0.2) is 48.5 Å². The van der Waals surface area contributed by atoms with Crippen molar-refractivity contribution >= 4 is 23.5 Å². The van der Waals surface area contributed by atoms with Gasteiger partial charge in [-0.3, -0.25) is 9.59 Å². The molecule has 0 aromatic heterocycles. The summed E-state index contributed by atoms with van der Waals surface area (Å²) in [4.78, 5) is 24.3. The van der Waals surface area contributed by atoms with E-state index in [1.807, 2.05) is 0 Å². The van der Waals surface area contributed by atoms with Gasteiger partial charge < -0.3 is 14.8 Å². The van der Waals surface area contributed by atoms with Crippen molar-refractivity contribution < 1.29 is 23.5 Å². The quantitative estimate of drug-likeness (QED) is 0.698. The van der Waals surface area contributed by atoms with Crippen LogP contribution in [0.3, 0.4) is 0 Å². The van der Waals surface area contributed by atoms with Gasteiger partial charge in [0.25, 0.3) is 5.91 Å². The van der Waals surface area contributed by atoms with Crippen LogP contribution in [0.2, 0.25) is 5.02 Å². The minimum absolute atomic E-state index is 0.0755. The summed E-state index contributed by atoms with van der Waals surface area (Å²) >= 11 is 5.89. The first kappa shape index (κ1) is 20.7. The predicted molar refractivity (Wildman–Crippen MR) is 100 cm³/mol. The maximum atomic E-state index is 13.0. The Morgan fingerprint density at radius 3 is 2.52 bits per heavy atom. The molecule has 5 nitrogen and oxygen atoms in total. The van der Waals surface area contributed by atoms with E-state index in [1.54, 1.807) is 43.3 Å². The van der Waals surface area contributed by atoms with Crippen LogP contribution in [0, 0.1) is 11.7 Å². The van der Waals surface area contributed by atoms with Crippen molar-refractivity contribution in [2.75, 3.05) is 13.7 Å². The fourth-order valence-electron chi connectivity index (χ4n) is 2.48. The SMILES string of the molecule is COC(=O)[C@H](CNC(=O)[C@@H](C)Oc1cccc(Cl)c1)Cc1ccc(F)cc1. The highest BCUT2D eigenvalue weighted by molar-refractivity contribution is 6.30.